The standard InChI is InChI=1S/C19H27FN4O2/c1-13(25-17-9-7-16(20)8-10-17)12-23-19(21-4)22-11-5-6-18-14(2)24-26-15(18)3/h7-10,13H,5-6,11-12H2,1-4H3,(H2,21,22,23). The molecule has 26 heavy (non-hydrogen) atoms. The van der Waals surface area contributed by atoms with E-state index in [1.54, 1.807) is 19.2 Å². The molecule has 6 nitrogen and oxygen atoms in total. The van der Waals surface area contributed by atoms with Crippen molar-refractivity contribution in [1.29, 1.82) is 0 Å². The molecule has 0 aliphatic rings. The molecule has 0 amide bonds. The molecule has 0 bridgehead atoms. The third kappa shape index (κ3) is 6.06. The van der Waals surface area contributed by atoms with E-state index in [0.29, 0.717) is 12.3 Å². The summed E-state index contributed by atoms with van der Waals surface area (Å²) >= 11 is 0. The van der Waals surface area contributed by atoms with E-state index in [0.717, 1.165) is 36.8 Å². The number of guanidine groups is 1. The quantitative estimate of drug-likeness (QED) is 0.429. The highest BCUT2D eigenvalue weighted by molar-refractivity contribution is 5.79. The predicted octanol–water partition coefficient (Wildman–Crippen LogP) is 3.00. The van der Waals surface area contributed by atoms with Crippen LogP contribution in [-0.4, -0.2) is 37.4 Å². The fraction of sp³-hybridized carbons (Fsp3) is 0.474. The fourth-order valence-corrected chi connectivity index (χ4v) is 2.58. The van der Waals surface area contributed by atoms with E-state index in [2.05, 4.69) is 20.8 Å². The SMILES string of the molecule is CN=C(NCCCc1c(C)noc1C)NCC(C)Oc1ccc(F)cc1. The maximum absolute atomic E-state index is 12.9. The number of aliphatic imine (C=N–C) groups is 1. The number of benzene rings is 1. The topological polar surface area (TPSA) is 71.7 Å². The van der Waals surface area contributed by atoms with Crippen LogP contribution in [0.15, 0.2) is 33.8 Å². The first kappa shape index (κ1) is 19.8. The zero-order chi connectivity index (χ0) is 18.9. The van der Waals surface area contributed by atoms with Crippen molar-refractivity contribution in [1.82, 2.24) is 15.8 Å². The lowest BCUT2D eigenvalue weighted by atomic mass is 10.1. The molecular weight excluding hydrogens is 335 g/mol. The number of hydrogen-bond donors (Lipinski definition) is 2. The van der Waals surface area contributed by atoms with Gasteiger partial charge in [0.2, 0.25) is 0 Å². The molecule has 0 saturated carbocycles. The number of nitrogens with zero attached hydrogens (tertiary/aromatic N) is 2. The van der Waals surface area contributed by atoms with Gasteiger partial charge in [0, 0.05) is 19.2 Å². The van der Waals surface area contributed by atoms with Gasteiger partial charge in [-0.1, -0.05) is 5.16 Å². The first-order chi connectivity index (χ1) is 12.5. The third-order valence-electron chi connectivity index (χ3n) is 4.01. The van der Waals surface area contributed by atoms with Gasteiger partial charge >= 0.3 is 0 Å². The van der Waals surface area contributed by atoms with Crippen LogP contribution in [0.25, 0.3) is 0 Å². The van der Waals surface area contributed by atoms with Crippen molar-refractivity contribution in [2.45, 2.75) is 39.7 Å². The maximum atomic E-state index is 12.9. The molecule has 7 heteroatoms. The predicted molar refractivity (Wildman–Crippen MR) is 100 cm³/mol. The summed E-state index contributed by atoms with van der Waals surface area (Å²) in [7, 11) is 1.73. The van der Waals surface area contributed by atoms with Crippen molar-refractivity contribution in [2.24, 2.45) is 4.99 Å². The summed E-state index contributed by atoms with van der Waals surface area (Å²) in [5.41, 5.74) is 2.13. The summed E-state index contributed by atoms with van der Waals surface area (Å²) < 4.78 is 23.8. The molecule has 0 saturated heterocycles. The van der Waals surface area contributed by atoms with Crippen LogP contribution in [0.2, 0.25) is 0 Å². The molecule has 0 fully saturated rings. The largest absolute Gasteiger partial charge is 0.489 e. The summed E-state index contributed by atoms with van der Waals surface area (Å²) in [5.74, 6) is 1.97. The van der Waals surface area contributed by atoms with E-state index >= 15 is 0 Å². The molecule has 0 spiro atoms. The number of rotatable bonds is 8. The number of ether oxygens (including phenoxy) is 1. The van der Waals surface area contributed by atoms with Crippen molar-refractivity contribution in [3.63, 3.8) is 0 Å². The van der Waals surface area contributed by atoms with Crippen molar-refractivity contribution in [3.8, 4) is 5.75 Å². The van der Waals surface area contributed by atoms with Gasteiger partial charge in [0.25, 0.3) is 0 Å². The van der Waals surface area contributed by atoms with Crippen LogP contribution in [-0.2, 0) is 6.42 Å². The molecule has 1 unspecified atom stereocenters. The van der Waals surface area contributed by atoms with Crippen LogP contribution in [0.5, 0.6) is 5.75 Å². The van der Waals surface area contributed by atoms with Gasteiger partial charge in [-0.2, -0.15) is 0 Å². The Hall–Kier alpha value is -2.57. The van der Waals surface area contributed by atoms with Gasteiger partial charge in [-0.3, -0.25) is 4.99 Å². The second-order valence-electron chi connectivity index (χ2n) is 6.17. The van der Waals surface area contributed by atoms with Crippen LogP contribution < -0.4 is 15.4 Å². The summed E-state index contributed by atoms with van der Waals surface area (Å²) in [6.07, 6.45) is 1.78. The monoisotopic (exact) mass is 362 g/mol. The number of halogens is 1. The number of aryl methyl sites for hydroxylation is 2. The normalized spacial score (nSPS) is 12.7. The van der Waals surface area contributed by atoms with Crippen molar-refractivity contribution >= 4 is 5.96 Å². The molecule has 2 aromatic rings. The van der Waals surface area contributed by atoms with Crippen molar-refractivity contribution in [2.75, 3.05) is 20.1 Å². The summed E-state index contributed by atoms with van der Waals surface area (Å²) in [4.78, 5) is 4.21. The molecule has 0 radical (unpaired) electrons. The number of nitrogens with one attached hydrogen (secondary N) is 2. The highest BCUT2D eigenvalue weighted by atomic mass is 19.1. The van der Waals surface area contributed by atoms with Crippen molar-refractivity contribution in [3.05, 3.63) is 47.1 Å². The lowest BCUT2D eigenvalue weighted by Crippen LogP contribution is -2.42. The number of aromatic nitrogens is 1. The van der Waals surface area contributed by atoms with Gasteiger partial charge in [-0.25, -0.2) is 4.39 Å². The highest BCUT2D eigenvalue weighted by Gasteiger charge is 2.09. The Balaban J connectivity index is 1.68. The summed E-state index contributed by atoms with van der Waals surface area (Å²) in [6.45, 7) is 7.22. The Bertz CT molecular complexity index is 693. The third-order valence-corrected chi connectivity index (χ3v) is 4.01. The number of hydrogen-bond acceptors (Lipinski definition) is 4. The Morgan fingerprint density at radius 2 is 2.00 bits per heavy atom. The molecule has 0 aliphatic carbocycles. The van der Waals surface area contributed by atoms with E-state index in [-0.39, 0.29) is 11.9 Å². The van der Waals surface area contributed by atoms with Gasteiger partial charge in [0.1, 0.15) is 23.4 Å². The first-order valence-corrected chi connectivity index (χ1v) is 8.78. The van der Waals surface area contributed by atoms with Crippen LogP contribution >= 0.6 is 0 Å². The minimum absolute atomic E-state index is 0.0821. The zero-order valence-electron chi connectivity index (χ0n) is 15.8. The van der Waals surface area contributed by atoms with E-state index in [4.69, 9.17) is 9.26 Å². The molecule has 2 N–H and O–H groups in total. The van der Waals surface area contributed by atoms with E-state index in [1.807, 2.05) is 20.8 Å². The van der Waals surface area contributed by atoms with Gasteiger partial charge in [0.05, 0.1) is 12.2 Å². The highest BCUT2D eigenvalue weighted by Crippen LogP contribution is 2.14. The van der Waals surface area contributed by atoms with E-state index in [1.165, 1.54) is 17.7 Å². The summed E-state index contributed by atoms with van der Waals surface area (Å²) in [6, 6.07) is 6.01. The lowest BCUT2D eigenvalue weighted by molar-refractivity contribution is 0.223. The zero-order valence-corrected chi connectivity index (χ0v) is 15.8. The van der Waals surface area contributed by atoms with Crippen LogP contribution in [0.3, 0.4) is 0 Å². The lowest BCUT2D eigenvalue weighted by Gasteiger charge is -2.17. The molecule has 1 aromatic carbocycles. The second-order valence-corrected chi connectivity index (χ2v) is 6.17. The van der Waals surface area contributed by atoms with Gasteiger partial charge in [0.15, 0.2) is 5.96 Å². The molecule has 2 rings (SSSR count). The van der Waals surface area contributed by atoms with Crippen LogP contribution in [0.4, 0.5) is 4.39 Å². The minimum atomic E-state index is -0.274. The van der Waals surface area contributed by atoms with E-state index < -0.39 is 0 Å². The Morgan fingerprint density at radius 1 is 1.27 bits per heavy atom. The van der Waals surface area contributed by atoms with Gasteiger partial charge in [-0.05, 0) is 57.9 Å². The van der Waals surface area contributed by atoms with Gasteiger partial charge in [-0.15, -0.1) is 0 Å². The fourth-order valence-electron chi connectivity index (χ4n) is 2.58. The minimum Gasteiger partial charge on any atom is -0.489 e. The molecule has 0 aliphatic heterocycles. The Kier molecular flexibility index (Phi) is 7.44. The Morgan fingerprint density at radius 3 is 2.62 bits per heavy atom. The maximum Gasteiger partial charge on any atom is 0.191 e. The molecule has 1 heterocycles. The van der Waals surface area contributed by atoms with Crippen LogP contribution in [0, 0.1) is 19.7 Å². The van der Waals surface area contributed by atoms with E-state index in [9.17, 15) is 4.39 Å². The molecule has 142 valence electrons. The summed E-state index contributed by atoms with van der Waals surface area (Å²) in [5, 5.41) is 10.5. The smallest absolute Gasteiger partial charge is 0.191 e. The molecule has 1 aromatic heterocycles. The van der Waals surface area contributed by atoms with Crippen LogP contribution in [0.1, 0.15) is 30.4 Å². The molecular formula is C19H27FN4O2. The average Bonchev–Trinajstić information content (AvgIpc) is 2.94. The molecule has 1 atom stereocenters. The first-order valence-electron chi connectivity index (χ1n) is 8.78. The average molecular weight is 362 g/mol. The Labute approximate surface area is 153 Å². The van der Waals surface area contributed by atoms with Crippen molar-refractivity contribution < 1.29 is 13.7 Å². The van der Waals surface area contributed by atoms with Gasteiger partial charge < -0.3 is 19.9 Å². The second kappa shape index (κ2) is 9.79.